The van der Waals surface area contributed by atoms with E-state index >= 15 is 0 Å². The van der Waals surface area contributed by atoms with Crippen molar-refractivity contribution in [2.24, 2.45) is 5.73 Å². The van der Waals surface area contributed by atoms with E-state index in [1.54, 1.807) is 6.20 Å². The van der Waals surface area contributed by atoms with Crippen molar-refractivity contribution in [2.75, 3.05) is 6.54 Å². The van der Waals surface area contributed by atoms with Crippen molar-refractivity contribution in [3.63, 3.8) is 0 Å². The average molecular weight is 450 g/mol. The number of aromatic amines is 1. The van der Waals surface area contributed by atoms with Gasteiger partial charge in [-0.05, 0) is 17.2 Å². The van der Waals surface area contributed by atoms with Gasteiger partial charge in [-0.1, -0.05) is 48.5 Å². The molecule has 0 radical (unpaired) electrons. The number of hydrogen-bond acceptors (Lipinski definition) is 4. The van der Waals surface area contributed by atoms with Gasteiger partial charge in [0.05, 0.1) is 6.54 Å². The minimum absolute atomic E-state index is 0.205. The molecule has 0 aliphatic rings. The number of primary amides is 1. The van der Waals surface area contributed by atoms with Crippen molar-refractivity contribution in [3.05, 3.63) is 71.9 Å². The largest absolute Gasteiger partial charge is 0.368 e. The van der Waals surface area contributed by atoms with Crippen molar-refractivity contribution in [1.29, 1.82) is 0 Å². The van der Waals surface area contributed by atoms with Gasteiger partial charge in [-0.2, -0.15) is 0 Å². The minimum Gasteiger partial charge on any atom is -0.368 e. The van der Waals surface area contributed by atoms with Crippen LogP contribution in [0.1, 0.15) is 18.1 Å². The number of nitrogens with two attached hydrogens (primary N) is 1. The summed E-state index contributed by atoms with van der Waals surface area (Å²) in [7, 11) is 0. The molecular weight excluding hydrogens is 422 g/mol. The Labute approximate surface area is 191 Å². The molecule has 33 heavy (non-hydrogen) atoms. The first-order chi connectivity index (χ1) is 15.8. The summed E-state index contributed by atoms with van der Waals surface area (Å²) in [4.78, 5) is 51.9. The monoisotopic (exact) mass is 449 g/mol. The third-order valence-electron chi connectivity index (χ3n) is 5.15. The molecule has 172 valence electrons. The Bertz CT molecular complexity index is 1140. The molecular formula is C24H27N5O4. The van der Waals surface area contributed by atoms with Gasteiger partial charge in [0.15, 0.2) is 0 Å². The quantitative estimate of drug-likeness (QED) is 0.307. The number of fused-ring (bicyclic) bond motifs is 1. The Balaban J connectivity index is 1.79. The number of amides is 4. The van der Waals surface area contributed by atoms with E-state index in [-0.39, 0.29) is 25.3 Å². The van der Waals surface area contributed by atoms with Gasteiger partial charge in [-0.25, -0.2) is 0 Å². The van der Waals surface area contributed by atoms with Crippen molar-refractivity contribution >= 4 is 34.5 Å². The van der Waals surface area contributed by atoms with Crippen LogP contribution in [-0.2, 0) is 32.0 Å². The highest BCUT2D eigenvalue weighted by atomic mass is 16.2. The van der Waals surface area contributed by atoms with Gasteiger partial charge in [-0.15, -0.1) is 0 Å². The van der Waals surface area contributed by atoms with E-state index in [0.29, 0.717) is 0 Å². The molecule has 2 atom stereocenters. The van der Waals surface area contributed by atoms with Crippen molar-refractivity contribution < 1.29 is 19.2 Å². The van der Waals surface area contributed by atoms with Crippen molar-refractivity contribution in [3.8, 4) is 0 Å². The van der Waals surface area contributed by atoms with Gasteiger partial charge >= 0.3 is 0 Å². The minimum atomic E-state index is -0.960. The number of H-pyrrole nitrogens is 1. The molecule has 2 aromatic carbocycles. The van der Waals surface area contributed by atoms with Crippen molar-refractivity contribution in [1.82, 2.24) is 20.9 Å². The van der Waals surface area contributed by atoms with Gasteiger partial charge in [0.25, 0.3) is 0 Å². The van der Waals surface area contributed by atoms with Gasteiger partial charge in [0, 0.05) is 36.9 Å². The lowest BCUT2D eigenvalue weighted by atomic mass is 10.0. The standard InChI is InChI=1S/C24H27N5O4/c1-15(30)28-21(12-17-13-26-19-10-6-5-9-18(17)19)24(33)29-20(23(32)27-14-22(25)31)11-16-7-3-2-4-8-16/h2-10,13,20-21,26H,11-12,14H2,1H3,(H2,25,31)(H,27,32)(H,28,30)(H,29,33)/t20-,21-/m0/s1. The van der Waals surface area contributed by atoms with Crippen molar-refractivity contribution in [2.45, 2.75) is 31.8 Å². The van der Waals surface area contributed by atoms with E-state index in [0.717, 1.165) is 22.0 Å². The van der Waals surface area contributed by atoms with E-state index in [2.05, 4.69) is 20.9 Å². The van der Waals surface area contributed by atoms with Crippen LogP contribution in [0.15, 0.2) is 60.8 Å². The Morgan fingerprint density at radius 3 is 2.24 bits per heavy atom. The molecule has 6 N–H and O–H groups in total. The number of hydrogen-bond donors (Lipinski definition) is 5. The second-order valence-electron chi connectivity index (χ2n) is 7.75. The number of para-hydroxylation sites is 1. The van der Waals surface area contributed by atoms with Gasteiger partial charge in [0.1, 0.15) is 12.1 Å². The Hall–Kier alpha value is -4.14. The highest BCUT2D eigenvalue weighted by Crippen LogP contribution is 2.19. The molecule has 0 aliphatic carbocycles. The summed E-state index contributed by atoms with van der Waals surface area (Å²) in [6.45, 7) is 0.987. The second kappa shape index (κ2) is 10.9. The predicted octanol–water partition coefficient (Wildman–Crippen LogP) is 0.544. The summed E-state index contributed by atoms with van der Waals surface area (Å²) in [5.41, 5.74) is 7.73. The molecule has 9 heteroatoms. The number of carbonyl (C=O) groups excluding carboxylic acids is 4. The highest BCUT2D eigenvalue weighted by molar-refractivity contribution is 5.94. The third kappa shape index (κ3) is 6.67. The SMILES string of the molecule is CC(=O)N[C@@H](Cc1c[nH]c2ccccc12)C(=O)N[C@@H](Cc1ccccc1)C(=O)NCC(N)=O. The zero-order valence-corrected chi connectivity index (χ0v) is 18.3. The lowest BCUT2D eigenvalue weighted by Gasteiger charge is -2.23. The molecule has 1 aromatic heterocycles. The van der Waals surface area contributed by atoms with Crippen LogP contribution in [0.2, 0.25) is 0 Å². The Kier molecular flexibility index (Phi) is 7.80. The number of benzene rings is 2. The van der Waals surface area contributed by atoms with Crippen LogP contribution in [0, 0.1) is 0 Å². The first kappa shape index (κ1) is 23.5. The molecule has 0 unspecified atom stereocenters. The fourth-order valence-corrected chi connectivity index (χ4v) is 3.60. The molecule has 9 nitrogen and oxygen atoms in total. The molecule has 0 bridgehead atoms. The van der Waals surface area contributed by atoms with Crippen LogP contribution in [0.4, 0.5) is 0 Å². The van der Waals surface area contributed by atoms with Crippen LogP contribution < -0.4 is 21.7 Å². The van der Waals surface area contributed by atoms with E-state index in [9.17, 15) is 19.2 Å². The Morgan fingerprint density at radius 1 is 0.879 bits per heavy atom. The van der Waals surface area contributed by atoms with E-state index in [1.165, 1.54) is 6.92 Å². The summed E-state index contributed by atoms with van der Waals surface area (Å²) in [5.74, 6) is -2.11. The van der Waals surface area contributed by atoms with Crippen LogP contribution in [0.25, 0.3) is 10.9 Å². The molecule has 3 rings (SSSR count). The number of aromatic nitrogens is 1. The number of nitrogens with one attached hydrogen (secondary N) is 4. The van der Waals surface area contributed by atoms with Crippen LogP contribution >= 0.6 is 0 Å². The van der Waals surface area contributed by atoms with Gasteiger partial charge < -0.3 is 26.7 Å². The predicted molar refractivity (Wildman–Crippen MR) is 124 cm³/mol. The smallest absolute Gasteiger partial charge is 0.243 e. The van der Waals surface area contributed by atoms with E-state index in [4.69, 9.17) is 5.73 Å². The second-order valence-corrected chi connectivity index (χ2v) is 7.75. The summed E-state index contributed by atoms with van der Waals surface area (Å²) < 4.78 is 0. The van der Waals surface area contributed by atoms with E-state index < -0.39 is 29.8 Å². The molecule has 0 saturated heterocycles. The molecule has 4 amide bonds. The number of carbonyl (C=O) groups is 4. The molecule has 0 saturated carbocycles. The van der Waals surface area contributed by atoms with Gasteiger partial charge in [0.2, 0.25) is 23.6 Å². The van der Waals surface area contributed by atoms with Crippen LogP contribution in [0.5, 0.6) is 0 Å². The maximum absolute atomic E-state index is 13.2. The average Bonchev–Trinajstić information content (AvgIpc) is 3.19. The fraction of sp³-hybridized carbons (Fsp3) is 0.250. The first-order valence-corrected chi connectivity index (χ1v) is 10.6. The summed E-state index contributed by atoms with van der Waals surface area (Å²) >= 11 is 0. The molecule has 0 fully saturated rings. The summed E-state index contributed by atoms with van der Waals surface area (Å²) in [6, 6.07) is 14.9. The third-order valence-corrected chi connectivity index (χ3v) is 5.15. The topological polar surface area (TPSA) is 146 Å². The molecule has 0 aliphatic heterocycles. The van der Waals surface area contributed by atoms with Crippen LogP contribution in [-0.4, -0.2) is 47.2 Å². The van der Waals surface area contributed by atoms with Gasteiger partial charge in [-0.3, -0.25) is 19.2 Å². The maximum Gasteiger partial charge on any atom is 0.243 e. The molecule has 1 heterocycles. The fourth-order valence-electron chi connectivity index (χ4n) is 3.60. The number of rotatable bonds is 10. The zero-order valence-electron chi connectivity index (χ0n) is 18.3. The lowest BCUT2D eigenvalue weighted by Crippen LogP contribution is -2.55. The highest BCUT2D eigenvalue weighted by Gasteiger charge is 2.27. The maximum atomic E-state index is 13.2. The lowest BCUT2D eigenvalue weighted by molar-refractivity contribution is -0.132. The Morgan fingerprint density at radius 2 is 1.55 bits per heavy atom. The summed E-state index contributed by atoms with van der Waals surface area (Å²) in [6.07, 6.45) is 2.24. The first-order valence-electron chi connectivity index (χ1n) is 10.6. The zero-order chi connectivity index (χ0) is 23.8. The summed E-state index contributed by atoms with van der Waals surface area (Å²) in [5, 5.41) is 8.78. The van der Waals surface area contributed by atoms with E-state index in [1.807, 2.05) is 54.6 Å². The van der Waals surface area contributed by atoms with Crippen LogP contribution in [0.3, 0.4) is 0 Å². The molecule has 3 aromatic rings. The normalized spacial score (nSPS) is 12.5. The molecule has 0 spiro atoms.